The highest BCUT2D eigenvalue weighted by Crippen LogP contribution is 2.14. The van der Waals surface area contributed by atoms with Gasteiger partial charge in [0.2, 0.25) is 59.1 Å². The van der Waals surface area contributed by atoms with Crippen LogP contribution >= 0.6 is 0 Å². The Bertz CT molecular complexity index is 2460. The molecule has 0 spiro atoms. The molecule has 1 aromatic carbocycles. The zero-order chi connectivity index (χ0) is 60.2. The number of hydrogen-bond acceptors (Lipinski definition) is 16. The number of amides is 10. The molecule has 0 radical (unpaired) electrons. The summed E-state index contributed by atoms with van der Waals surface area (Å²) in [6.07, 6.45) is -0.964. The molecule has 0 aliphatic carbocycles. The van der Waals surface area contributed by atoms with Gasteiger partial charge in [-0.25, -0.2) is 9.78 Å². The number of nitrogens with zero attached hydrogens (tertiary/aromatic N) is 1. The van der Waals surface area contributed by atoms with Crippen molar-refractivity contribution in [1.29, 1.82) is 0 Å². The molecule has 0 saturated heterocycles. The number of unbranched alkanes of at least 4 members (excludes halogenated alkanes) is 1. The largest absolute Gasteiger partial charge is 0.481 e. The lowest BCUT2D eigenvalue weighted by Gasteiger charge is -2.29. The van der Waals surface area contributed by atoms with E-state index in [1.165, 1.54) is 26.4 Å². The van der Waals surface area contributed by atoms with Gasteiger partial charge in [0.1, 0.15) is 48.3 Å². The Morgan fingerprint density at radius 3 is 1.49 bits per heavy atom. The summed E-state index contributed by atoms with van der Waals surface area (Å²) in [6, 6.07) is -6.18. The van der Waals surface area contributed by atoms with Gasteiger partial charge in [-0.1, -0.05) is 64.4 Å². The predicted molar refractivity (Wildman–Crippen MR) is 282 cm³/mol. The number of carboxylic acid groups (broad SMARTS) is 3. The molecular weight excluding hydrogens is 1050 g/mol. The third-order valence-electron chi connectivity index (χ3n) is 12.5. The van der Waals surface area contributed by atoms with Crippen LogP contribution in [0.1, 0.15) is 103 Å². The average Bonchev–Trinajstić information content (AvgIpc) is 3.90. The van der Waals surface area contributed by atoms with Gasteiger partial charge in [-0.3, -0.25) is 57.5 Å². The van der Waals surface area contributed by atoms with E-state index in [-0.39, 0.29) is 37.9 Å². The second-order valence-electron chi connectivity index (χ2n) is 19.4. The molecule has 10 amide bonds. The Morgan fingerprint density at radius 1 is 0.550 bits per heavy atom. The molecule has 2 rings (SSSR count). The summed E-state index contributed by atoms with van der Waals surface area (Å²) in [5.41, 5.74) is 22.9. The molecule has 442 valence electrons. The Kier molecular flexibility index (Phi) is 29.0. The fourth-order valence-corrected chi connectivity index (χ4v) is 7.77. The number of aliphatic carboxylic acids is 3. The molecule has 10 atom stereocenters. The highest BCUT2D eigenvalue weighted by Gasteiger charge is 2.37. The number of rotatable bonds is 38. The van der Waals surface area contributed by atoms with Gasteiger partial charge < -0.3 is 85.8 Å². The monoisotopic (exact) mass is 1130 g/mol. The van der Waals surface area contributed by atoms with Crippen LogP contribution in [0.25, 0.3) is 0 Å². The first-order valence-electron chi connectivity index (χ1n) is 25.8. The average molecular weight is 1130 g/mol. The molecule has 0 saturated carbocycles. The highest BCUT2D eigenvalue weighted by atomic mass is 16.4. The van der Waals surface area contributed by atoms with E-state index in [9.17, 15) is 72.5 Å². The van der Waals surface area contributed by atoms with E-state index in [1.54, 1.807) is 44.2 Å². The summed E-state index contributed by atoms with van der Waals surface area (Å²) >= 11 is 0. The number of carbonyl (C=O) groups is 13. The Hall–Kier alpha value is -8.54. The van der Waals surface area contributed by atoms with Crippen molar-refractivity contribution in [2.45, 2.75) is 159 Å². The van der Waals surface area contributed by atoms with Crippen LogP contribution in [0.4, 0.5) is 0 Å². The van der Waals surface area contributed by atoms with Crippen LogP contribution in [0.5, 0.6) is 0 Å². The van der Waals surface area contributed by atoms with Crippen molar-refractivity contribution in [2.24, 2.45) is 34.8 Å². The third-order valence-corrected chi connectivity index (χ3v) is 12.5. The van der Waals surface area contributed by atoms with E-state index in [2.05, 4.69) is 52.5 Å². The van der Waals surface area contributed by atoms with Gasteiger partial charge in [0, 0.05) is 31.9 Å². The van der Waals surface area contributed by atoms with Gasteiger partial charge >= 0.3 is 17.9 Å². The predicted octanol–water partition coefficient (Wildman–Crippen LogP) is -4.20. The van der Waals surface area contributed by atoms with Gasteiger partial charge in [-0.15, -0.1) is 0 Å². The molecule has 0 aliphatic rings. The second-order valence-corrected chi connectivity index (χ2v) is 19.4. The zero-order valence-corrected chi connectivity index (χ0v) is 45.0. The van der Waals surface area contributed by atoms with E-state index in [1.807, 2.05) is 0 Å². The quantitative estimate of drug-likeness (QED) is 0.0284. The molecule has 1 heterocycles. The minimum atomic E-state index is -1.98. The lowest BCUT2D eigenvalue weighted by atomic mass is 9.96. The summed E-state index contributed by atoms with van der Waals surface area (Å²) in [6.45, 7) is 6.61. The van der Waals surface area contributed by atoms with E-state index >= 15 is 0 Å². The first-order chi connectivity index (χ1) is 37.7. The van der Waals surface area contributed by atoms with Crippen LogP contribution in [0.3, 0.4) is 0 Å². The smallest absolute Gasteiger partial charge is 0.326 e. The Balaban J connectivity index is 2.52. The van der Waals surface area contributed by atoms with Crippen LogP contribution in [-0.2, 0) is 75.2 Å². The van der Waals surface area contributed by atoms with Crippen molar-refractivity contribution in [1.82, 2.24) is 52.5 Å². The van der Waals surface area contributed by atoms with E-state index in [4.69, 9.17) is 28.0 Å². The summed E-state index contributed by atoms with van der Waals surface area (Å²) in [5.74, 6) is -16.0. The van der Waals surface area contributed by atoms with Gasteiger partial charge in [0.15, 0.2) is 0 Å². The number of carbonyl (C=O) groups excluding carboxylic acids is 10. The van der Waals surface area contributed by atoms with Crippen LogP contribution in [0.2, 0.25) is 0 Å². The maximum Gasteiger partial charge on any atom is 0.326 e. The maximum absolute atomic E-state index is 14.3. The van der Waals surface area contributed by atoms with Crippen LogP contribution in [-0.4, -0.2) is 163 Å². The molecule has 0 aliphatic heterocycles. The normalized spacial score (nSPS) is 14.8. The standard InChI is InChI=1S/C50H76N14O16/c1-5-26(4)41(64-45(74)30(13-9-10-18-51)57-42(71)29(52)21-38(67)68)49(78)62-34(20-28-23-55-24-56-28)46(75)59-31(14-16-36(53)65)43(72)58-32(15-17-37(54)66)44(73)61-35(22-39(69)70)47(76)60-33(19-27-11-7-6-8-12-27)48(77)63-40(25(2)3)50(79)80/h6-8,11-12,23-26,29-35,40-41H,5,9-10,13-22,51-52H2,1-4H3,(H2,53,65)(H2,54,66)(H,55,56)(H,57,71)(H,58,72)(H,59,75)(H,60,76)(H,61,73)(H,62,78)(H,63,77)(H,64,74)(H,67,68)(H,69,70)(H,79,80)/t26-,29-,30-,31-,32-,33-,34-,35-,40-,41-/m0/s1. The van der Waals surface area contributed by atoms with E-state index in [0.29, 0.717) is 18.4 Å². The molecule has 20 N–H and O–H groups in total. The molecule has 30 nitrogen and oxygen atoms in total. The van der Waals surface area contributed by atoms with Crippen molar-refractivity contribution in [3.63, 3.8) is 0 Å². The van der Waals surface area contributed by atoms with Crippen molar-refractivity contribution < 1.29 is 77.6 Å². The second kappa shape index (κ2) is 34.4. The third kappa shape index (κ3) is 24.4. The van der Waals surface area contributed by atoms with Gasteiger partial charge in [-0.2, -0.15) is 0 Å². The number of H-pyrrole nitrogens is 1. The summed E-state index contributed by atoms with van der Waals surface area (Å²) in [5, 5.41) is 48.0. The van der Waals surface area contributed by atoms with Crippen LogP contribution in [0.15, 0.2) is 42.9 Å². The number of benzene rings is 1. The zero-order valence-electron chi connectivity index (χ0n) is 45.0. The number of aromatic nitrogens is 2. The Labute approximate surface area is 460 Å². The highest BCUT2D eigenvalue weighted by molar-refractivity contribution is 5.99. The number of hydrogen-bond donors (Lipinski definition) is 16. The molecule has 0 unspecified atom stereocenters. The molecule has 1 aromatic heterocycles. The lowest BCUT2D eigenvalue weighted by molar-refractivity contribution is -0.144. The Morgan fingerprint density at radius 2 is 1.00 bits per heavy atom. The molecule has 2 aromatic rings. The summed E-state index contributed by atoms with van der Waals surface area (Å²) in [4.78, 5) is 177. The van der Waals surface area contributed by atoms with Gasteiger partial charge in [0.25, 0.3) is 0 Å². The summed E-state index contributed by atoms with van der Waals surface area (Å²) < 4.78 is 0. The van der Waals surface area contributed by atoms with Crippen molar-refractivity contribution in [3.8, 4) is 0 Å². The molecule has 0 bridgehead atoms. The minimum absolute atomic E-state index is 0.0118. The molecular formula is C50H76N14O16. The van der Waals surface area contributed by atoms with Crippen molar-refractivity contribution in [2.75, 3.05) is 6.54 Å². The number of primary amides is 2. The van der Waals surface area contributed by atoms with E-state index < -0.39 is 182 Å². The van der Waals surface area contributed by atoms with Gasteiger partial charge in [0.05, 0.1) is 30.9 Å². The first-order valence-corrected chi connectivity index (χ1v) is 25.8. The first kappa shape index (κ1) is 67.6. The molecule has 80 heavy (non-hydrogen) atoms. The molecule has 0 fully saturated rings. The number of nitrogens with one attached hydrogen (secondary N) is 9. The van der Waals surface area contributed by atoms with E-state index in [0.717, 1.165) is 0 Å². The van der Waals surface area contributed by atoms with Crippen LogP contribution in [0, 0.1) is 11.8 Å². The summed E-state index contributed by atoms with van der Waals surface area (Å²) in [7, 11) is 0. The fraction of sp³-hybridized carbons (Fsp3) is 0.560. The number of nitrogens with two attached hydrogens (primary N) is 4. The SMILES string of the molecule is CC[C@H](C)[C@H](NC(=O)[C@H](CCCCN)NC(=O)[C@@H](N)CC(=O)O)C(=O)N[C@@H](Cc1c[nH]cn1)C(=O)N[C@@H](CCC(N)=O)C(=O)N[C@@H](CCC(N)=O)C(=O)N[C@@H](CC(=O)O)C(=O)N[C@@H](Cc1ccccc1)C(=O)N[C@H](C(=O)O)C(C)C. The van der Waals surface area contributed by atoms with Crippen molar-refractivity contribution >= 4 is 77.0 Å². The van der Waals surface area contributed by atoms with Crippen LogP contribution < -0.4 is 65.5 Å². The molecule has 30 heteroatoms. The van der Waals surface area contributed by atoms with Crippen molar-refractivity contribution in [3.05, 3.63) is 54.1 Å². The topological polar surface area (TPSA) is 512 Å². The number of imidazole rings is 1. The minimum Gasteiger partial charge on any atom is -0.481 e. The fourth-order valence-electron chi connectivity index (χ4n) is 7.77. The maximum atomic E-state index is 14.3. The lowest BCUT2D eigenvalue weighted by Crippen LogP contribution is -2.61. The number of carboxylic acids is 3. The number of aromatic amines is 1. The van der Waals surface area contributed by atoms with Gasteiger partial charge in [-0.05, 0) is 56.0 Å².